The minimum atomic E-state index is -0.745. The summed E-state index contributed by atoms with van der Waals surface area (Å²) in [5.41, 5.74) is 0. The van der Waals surface area contributed by atoms with Gasteiger partial charge in [-0.15, -0.1) is 11.8 Å². The van der Waals surface area contributed by atoms with Crippen molar-refractivity contribution in [3.63, 3.8) is 0 Å². The number of hydrogen-bond acceptors (Lipinski definition) is 8. The number of rotatable bonds is 10. The highest BCUT2D eigenvalue weighted by Crippen LogP contribution is 2.68. The number of morpholine rings is 1. The SMILES string of the molecule is CCOC(=O)[C@H]1[C@H]2C(=O)N([C@@H](CO)[C@@H](C)CC)C(C(=O)NCCN3CCOCC3)C23CC(Br)[C@@H]1S3. The van der Waals surface area contributed by atoms with Crippen LogP contribution in [0.5, 0.6) is 0 Å². The maximum atomic E-state index is 14.0. The van der Waals surface area contributed by atoms with Crippen LogP contribution in [0.15, 0.2) is 0 Å². The zero-order chi connectivity index (χ0) is 25.3. The van der Waals surface area contributed by atoms with E-state index in [-0.39, 0.29) is 47.0 Å². The lowest BCUT2D eigenvalue weighted by Gasteiger charge is -2.39. The topological polar surface area (TPSA) is 108 Å². The van der Waals surface area contributed by atoms with Gasteiger partial charge >= 0.3 is 5.97 Å². The normalized spacial score (nSPS) is 36.2. The summed E-state index contributed by atoms with van der Waals surface area (Å²) in [4.78, 5) is 44.8. The van der Waals surface area contributed by atoms with Crippen molar-refractivity contribution < 1.29 is 29.0 Å². The first-order chi connectivity index (χ1) is 16.8. The maximum absolute atomic E-state index is 14.0. The van der Waals surface area contributed by atoms with Crippen LogP contribution in [-0.2, 0) is 23.9 Å². The van der Waals surface area contributed by atoms with Crippen LogP contribution in [0.25, 0.3) is 0 Å². The van der Waals surface area contributed by atoms with Crippen molar-refractivity contribution in [2.75, 3.05) is 52.6 Å². The van der Waals surface area contributed by atoms with Crippen LogP contribution in [0.2, 0.25) is 0 Å². The van der Waals surface area contributed by atoms with Gasteiger partial charge in [-0.05, 0) is 19.3 Å². The predicted molar refractivity (Wildman–Crippen MR) is 136 cm³/mol. The molecule has 0 saturated carbocycles. The van der Waals surface area contributed by atoms with Crippen LogP contribution in [0.3, 0.4) is 0 Å². The maximum Gasteiger partial charge on any atom is 0.310 e. The van der Waals surface area contributed by atoms with Crippen LogP contribution >= 0.6 is 27.7 Å². The van der Waals surface area contributed by atoms with Gasteiger partial charge in [-0.3, -0.25) is 19.3 Å². The van der Waals surface area contributed by atoms with Crippen LogP contribution < -0.4 is 5.32 Å². The van der Waals surface area contributed by atoms with E-state index in [4.69, 9.17) is 9.47 Å². The Morgan fingerprint density at radius 1 is 1.34 bits per heavy atom. The average molecular weight is 577 g/mol. The molecule has 4 aliphatic rings. The monoisotopic (exact) mass is 575 g/mol. The number of thioether (sulfide) groups is 1. The number of carbonyl (C=O) groups is 3. The Hall–Kier alpha value is -0.880. The van der Waals surface area contributed by atoms with E-state index in [2.05, 4.69) is 26.1 Å². The lowest BCUT2D eigenvalue weighted by atomic mass is 9.71. The first-order valence-electron chi connectivity index (χ1n) is 12.8. The van der Waals surface area contributed by atoms with Crippen LogP contribution in [-0.4, -0.2) is 112 Å². The second-order valence-electron chi connectivity index (χ2n) is 10.0. The van der Waals surface area contributed by atoms with Crippen molar-refractivity contribution in [2.45, 2.75) is 60.5 Å². The van der Waals surface area contributed by atoms with Crippen molar-refractivity contribution in [1.82, 2.24) is 15.1 Å². The Bertz CT molecular complexity index is 814. The molecule has 2 amide bonds. The molecule has 11 heteroatoms. The van der Waals surface area contributed by atoms with Crippen molar-refractivity contribution in [3.05, 3.63) is 0 Å². The molecule has 0 aromatic carbocycles. The second-order valence-corrected chi connectivity index (χ2v) is 12.8. The summed E-state index contributed by atoms with van der Waals surface area (Å²) in [6.45, 7) is 10.0. The molecular formula is C24H38BrN3O6S. The summed E-state index contributed by atoms with van der Waals surface area (Å²) < 4.78 is 10.1. The van der Waals surface area contributed by atoms with Gasteiger partial charge in [0.1, 0.15) is 6.04 Å². The second kappa shape index (κ2) is 11.2. The Morgan fingerprint density at radius 3 is 2.69 bits per heavy atom. The molecule has 2 N–H and O–H groups in total. The van der Waals surface area contributed by atoms with Gasteiger partial charge in [-0.25, -0.2) is 0 Å². The highest BCUT2D eigenvalue weighted by atomic mass is 79.9. The van der Waals surface area contributed by atoms with E-state index < -0.39 is 28.7 Å². The molecule has 0 aromatic heterocycles. The molecule has 9 nitrogen and oxygen atoms in total. The van der Waals surface area contributed by atoms with E-state index in [0.29, 0.717) is 32.7 Å². The van der Waals surface area contributed by atoms with Gasteiger partial charge in [0.2, 0.25) is 11.8 Å². The summed E-state index contributed by atoms with van der Waals surface area (Å²) in [5, 5.41) is 13.3. The van der Waals surface area contributed by atoms with Gasteiger partial charge < -0.3 is 24.8 Å². The number of fused-ring (bicyclic) bond motifs is 1. The summed E-state index contributed by atoms with van der Waals surface area (Å²) in [7, 11) is 0. The molecule has 8 atom stereocenters. The molecule has 0 aromatic rings. The molecule has 0 aliphatic carbocycles. The van der Waals surface area contributed by atoms with Crippen LogP contribution in [0.4, 0.5) is 0 Å². The molecule has 4 saturated heterocycles. The quantitative estimate of drug-likeness (QED) is 0.292. The van der Waals surface area contributed by atoms with Crippen LogP contribution in [0, 0.1) is 17.8 Å². The van der Waals surface area contributed by atoms with Crippen molar-refractivity contribution >= 4 is 45.5 Å². The number of amides is 2. The lowest BCUT2D eigenvalue weighted by Crippen LogP contribution is -2.58. The van der Waals surface area contributed by atoms with Gasteiger partial charge in [0.05, 0.1) is 49.1 Å². The summed E-state index contributed by atoms with van der Waals surface area (Å²) in [6.07, 6.45) is 1.38. The molecule has 3 unspecified atom stereocenters. The lowest BCUT2D eigenvalue weighted by molar-refractivity contribution is -0.154. The molecule has 0 radical (unpaired) electrons. The zero-order valence-electron chi connectivity index (χ0n) is 20.8. The number of carbonyl (C=O) groups excluding carboxylic acids is 3. The molecular weight excluding hydrogens is 538 g/mol. The Labute approximate surface area is 220 Å². The molecule has 4 fully saturated rings. The van der Waals surface area contributed by atoms with Gasteiger partial charge in [-0.2, -0.15) is 0 Å². The largest absolute Gasteiger partial charge is 0.466 e. The van der Waals surface area contributed by atoms with E-state index >= 15 is 0 Å². The smallest absolute Gasteiger partial charge is 0.310 e. The van der Waals surface area contributed by atoms with Crippen molar-refractivity contribution in [3.8, 4) is 0 Å². The van der Waals surface area contributed by atoms with Crippen LogP contribution in [0.1, 0.15) is 33.6 Å². The summed E-state index contributed by atoms with van der Waals surface area (Å²) >= 11 is 5.34. The van der Waals surface area contributed by atoms with Crippen molar-refractivity contribution in [2.24, 2.45) is 17.8 Å². The van der Waals surface area contributed by atoms with E-state index in [1.807, 2.05) is 13.8 Å². The van der Waals surface area contributed by atoms with E-state index in [0.717, 1.165) is 19.5 Å². The number of nitrogens with one attached hydrogen (secondary N) is 1. The van der Waals surface area contributed by atoms with Gasteiger partial charge in [0.25, 0.3) is 0 Å². The van der Waals surface area contributed by atoms with E-state index in [1.54, 1.807) is 23.6 Å². The molecule has 2 bridgehead atoms. The molecule has 4 aliphatic heterocycles. The number of hydrogen-bond donors (Lipinski definition) is 2. The predicted octanol–water partition coefficient (Wildman–Crippen LogP) is 0.870. The first-order valence-corrected chi connectivity index (χ1v) is 14.6. The van der Waals surface area contributed by atoms with E-state index in [9.17, 15) is 19.5 Å². The summed E-state index contributed by atoms with van der Waals surface area (Å²) in [6, 6.07) is -1.23. The number of likely N-dealkylation sites (tertiary alicyclic amines) is 1. The molecule has 35 heavy (non-hydrogen) atoms. The fraction of sp³-hybridized carbons (Fsp3) is 0.875. The third kappa shape index (κ3) is 4.76. The fourth-order valence-electron chi connectivity index (χ4n) is 6.31. The Kier molecular flexibility index (Phi) is 8.73. The minimum Gasteiger partial charge on any atom is -0.466 e. The highest BCUT2D eigenvalue weighted by Gasteiger charge is 2.76. The molecule has 4 heterocycles. The Balaban J connectivity index is 1.63. The molecule has 4 rings (SSSR count). The zero-order valence-corrected chi connectivity index (χ0v) is 23.2. The number of halogens is 1. The number of nitrogens with zero attached hydrogens (tertiary/aromatic N) is 2. The number of aliphatic hydroxyl groups is 1. The fourth-order valence-corrected chi connectivity index (χ4v) is 9.89. The minimum absolute atomic E-state index is 0.00531. The first kappa shape index (κ1) is 27.2. The van der Waals surface area contributed by atoms with Crippen molar-refractivity contribution in [1.29, 1.82) is 0 Å². The number of ether oxygens (including phenoxy) is 2. The highest BCUT2D eigenvalue weighted by molar-refractivity contribution is 9.09. The van der Waals surface area contributed by atoms with Gasteiger partial charge in [0.15, 0.2) is 0 Å². The number of esters is 1. The Morgan fingerprint density at radius 2 is 2.06 bits per heavy atom. The van der Waals surface area contributed by atoms with Gasteiger partial charge in [0, 0.05) is 36.3 Å². The average Bonchev–Trinajstić information content (AvgIpc) is 3.44. The number of alkyl halides is 1. The third-order valence-electron chi connectivity index (χ3n) is 8.21. The standard InChI is InChI=1S/C24H38BrN3O6S/c1-4-14(3)16(13-29)28-20(21(30)26-6-7-27-8-10-33-11-9-27)24-12-15(25)19(35-24)17(18(24)22(28)31)23(32)34-5-2/h14-20,29H,4-13H2,1-3H3,(H,26,30)/t14-,15?,16-,17-,18-,19-,20?,24?/m0/s1. The third-order valence-corrected chi connectivity index (χ3v) is 11.4. The molecule has 1 spiro atoms. The van der Waals surface area contributed by atoms with Gasteiger partial charge in [-0.1, -0.05) is 36.2 Å². The van der Waals surface area contributed by atoms with E-state index in [1.165, 1.54) is 0 Å². The molecule has 198 valence electrons. The number of aliphatic hydroxyl groups excluding tert-OH is 1. The summed E-state index contributed by atoms with van der Waals surface area (Å²) in [5.74, 6) is -2.00.